The highest BCUT2D eigenvalue weighted by Crippen LogP contribution is 2.30. The van der Waals surface area contributed by atoms with Crippen molar-refractivity contribution < 1.29 is 4.39 Å². The summed E-state index contributed by atoms with van der Waals surface area (Å²) in [7, 11) is 0. The van der Waals surface area contributed by atoms with Crippen LogP contribution in [0.5, 0.6) is 0 Å². The Labute approximate surface area is 109 Å². The highest BCUT2D eigenvalue weighted by Gasteiger charge is 2.21. The van der Waals surface area contributed by atoms with Crippen LogP contribution >= 0.6 is 0 Å². The molecule has 1 aromatic rings. The average molecular weight is 250 g/mol. The van der Waals surface area contributed by atoms with Gasteiger partial charge in [-0.25, -0.2) is 0 Å². The highest BCUT2D eigenvalue weighted by molar-refractivity contribution is 5.45. The Hall–Kier alpha value is -1.09. The number of aryl methyl sites for hydroxylation is 1. The van der Waals surface area contributed by atoms with E-state index in [1.165, 1.54) is 24.0 Å². The van der Waals surface area contributed by atoms with Crippen molar-refractivity contribution in [3.05, 3.63) is 29.3 Å². The molecule has 0 aliphatic carbocycles. The second kappa shape index (κ2) is 6.19. The van der Waals surface area contributed by atoms with Crippen LogP contribution in [0.3, 0.4) is 0 Å². The van der Waals surface area contributed by atoms with E-state index in [1.54, 1.807) is 0 Å². The van der Waals surface area contributed by atoms with Gasteiger partial charge in [0.25, 0.3) is 0 Å². The third-order valence-electron chi connectivity index (χ3n) is 3.93. The molecule has 1 aromatic carbocycles. The Morgan fingerprint density at radius 2 is 2.06 bits per heavy atom. The molecule has 0 bridgehead atoms. The summed E-state index contributed by atoms with van der Waals surface area (Å²) in [4.78, 5) is 2.38. The summed E-state index contributed by atoms with van der Waals surface area (Å²) >= 11 is 0. The van der Waals surface area contributed by atoms with Gasteiger partial charge >= 0.3 is 0 Å². The summed E-state index contributed by atoms with van der Waals surface area (Å²) in [5.74, 6) is 0.646. The van der Waals surface area contributed by atoms with Gasteiger partial charge in [-0.15, -0.1) is 0 Å². The minimum atomic E-state index is -0.197. The molecule has 2 N–H and O–H groups in total. The summed E-state index contributed by atoms with van der Waals surface area (Å²) in [5, 5.41) is 0. The third-order valence-corrected chi connectivity index (χ3v) is 3.93. The molecule has 1 fully saturated rings. The number of halogens is 1. The van der Waals surface area contributed by atoms with Gasteiger partial charge in [-0.3, -0.25) is 4.39 Å². The van der Waals surface area contributed by atoms with E-state index >= 15 is 0 Å². The second-order valence-corrected chi connectivity index (χ2v) is 5.27. The maximum absolute atomic E-state index is 12.1. The molecule has 0 amide bonds. The Morgan fingerprint density at radius 3 is 2.67 bits per heavy atom. The van der Waals surface area contributed by atoms with E-state index in [2.05, 4.69) is 24.0 Å². The quantitative estimate of drug-likeness (QED) is 0.832. The molecular formula is C15H23FN2. The minimum absolute atomic E-state index is 0.197. The van der Waals surface area contributed by atoms with Crippen molar-refractivity contribution in [2.75, 3.05) is 32.0 Å². The molecule has 1 heterocycles. The maximum Gasteiger partial charge on any atom is 0.0906 e. The molecule has 0 unspecified atom stereocenters. The van der Waals surface area contributed by atoms with Crippen LogP contribution in [0.1, 0.15) is 36.3 Å². The fourth-order valence-corrected chi connectivity index (χ4v) is 2.91. The van der Waals surface area contributed by atoms with Gasteiger partial charge in [0.05, 0.1) is 6.67 Å². The topological polar surface area (TPSA) is 29.3 Å². The number of nitrogens with two attached hydrogens (primary N) is 1. The van der Waals surface area contributed by atoms with Crippen molar-refractivity contribution >= 4 is 5.69 Å². The number of hydrogen-bond donors (Lipinski definition) is 1. The second-order valence-electron chi connectivity index (χ2n) is 5.27. The van der Waals surface area contributed by atoms with Crippen LogP contribution in [0.4, 0.5) is 10.1 Å². The van der Waals surface area contributed by atoms with Gasteiger partial charge in [-0.05, 0) is 68.5 Å². The summed E-state index contributed by atoms with van der Waals surface area (Å²) in [6.45, 7) is 5.03. The van der Waals surface area contributed by atoms with Gasteiger partial charge < -0.3 is 10.6 Å². The number of hydrogen-bond acceptors (Lipinski definition) is 2. The van der Waals surface area contributed by atoms with Gasteiger partial charge in [-0.1, -0.05) is 6.07 Å². The lowest BCUT2D eigenvalue weighted by Crippen LogP contribution is -2.34. The average Bonchev–Trinajstić information content (AvgIpc) is 2.37. The fourth-order valence-electron chi connectivity index (χ4n) is 2.91. The van der Waals surface area contributed by atoms with Gasteiger partial charge in [0.1, 0.15) is 0 Å². The van der Waals surface area contributed by atoms with Gasteiger partial charge in [0, 0.05) is 12.2 Å². The number of anilines is 1. The first-order valence-corrected chi connectivity index (χ1v) is 6.85. The largest absolute Gasteiger partial charge is 0.399 e. The molecule has 18 heavy (non-hydrogen) atoms. The van der Waals surface area contributed by atoms with Crippen LogP contribution in [-0.4, -0.2) is 31.2 Å². The standard InChI is InChI=1S/C15H23FN2/c1-12-11-14(17)3-4-15(12)13-5-9-18(10-6-13)8-2-7-16/h3-4,11,13H,2,5-10,17H2,1H3. The smallest absolute Gasteiger partial charge is 0.0906 e. The zero-order valence-electron chi connectivity index (χ0n) is 11.2. The molecular weight excluding hydrogens is 227 g/mol. The Morgan fingerprint density at radius 1 is 1.33 bits per heavy atom. The number of alkyl halides is 1. The maximum atomic E-state index is 12.1. The van der Waals surface area contributed by atoms with E-state index in [-0.39, 0.29) is 6.67 Å². The van der Waals surface area contributed by atoms with Crippen LogP contribution in [0.25, 0.3) is 0 Å². The first kappa shape index (κ1) is 13.3. The van der Waals surface area contributed by atoms with E-state index in [0.717, 1.165) is 25.3 Å². The summed E-state index contributed by atoms with van der Waals surface area (Å²) in [5.41, 5.74) is 9.38. The number of piperidine rings is 1. The highest BCUT2D eigenvalue weighted by atomic mass is 19.1. The van der Waals surface area contributed by atoms with Gasteiger partial charge in [0.15, 0.2) is 0 Å². The third kappa shape index (κ3) is 3.22. The molecule has 100 valence electrons. The summed E-state index contributed by atoms with van der Waals surface area (Å²) in [6, 6.07) is 6.23. The van der Waals surface area contributed by atoms with Crippen LogP contribution in [0, 0.1) is 6.92 Å². The lowest BCUT2D eigenvalue weighted by Gasteiger charge is -2.32. The van der Waals surface area contributed by atoms with E-state index in [9.17, 15) is 4.39 Å². The summed E-state index contributed by atoms with van der Waals surface area (Å²) < 4.78 is 12.1. The first-order valence-electron chi connectivity index (χ1n) is 6.85. The lowest BCUT2D eigenvalue weighted by molar-refractivity contribution is 0.204. The van der Waals surface area contributed by atoms with Gasteiger partial charge in [-0.2, -0.15) is 0 Å². The van der Waals surface area contributed by atoms with E-state index in [1.807, 2.05) is 6.07 Å². The van der Waals surface area contributed by atoms with Crippen LogP contribution < -0.4 is 5.73 Å². The van der Waals surface area contributed by atoms with Crippen molar-refractivity contribution in [2.24, 2.45) is 0 Å². The molecule has 1 saturated heterocycles. The van der Waals surface area contributed by atoms with Crippen LogP contribution in [-0.2, 0) is 0 Å². The number of benzene rings is 1. The zero-order valence-corrected chi connectivity index (χ0v) is 11.2. The van der Waals surface area contributed by atoms with Crippen LogP contribution in [0.15, 0.2) is 18.2 Å². The minimum Gasteiger partial charge on any atom is -0.399 e. The van der Waals surface area contributed by atoms with Crippen molar-refractivity contribution in [1.29, 1.82) is 0 Å². The molecule has 2 rings (SSSR count). The van der Waals surface area contributed by atoms with E-state index in [4.69, 9.17) is 5.73 Å². The predicted molar refractivity (Wildman–Crippen MR) is 74.6 cm³/mol. The van der Waals surface area contributed by atoms with Crippen molar-refractivity contribution in [3.63, 3.8) is 0 Å². The molecule has 0 radical (unpaired) electrons. The fraction of sp³-hybridized carbons (Fsp3) is 0.600. The molecule has 1 aliphatic rings. The van der Waals surface area contributed by atoms with Gasteiger partial charge in [0.2, 0.25) is 0 Å². The molecule has 3 heteroatoms. The number of nitrogen functional groups attached to an aromatic ring is 1. The Balaban J connectivity index is 1.93. The van der Waals surface area contributed by atoms with E-state index < -0.39 is 0 Å². The van der Waals surface area contributed by atoms with Crippen molar-refractivity contribution in [1.82, 2.24) is 4.90 Å². The molecule has 0 atom stereocenters. The molecule has 0 aromatic heterocycles. The van der Waals surface area contributed by atoms with Crippen molar-refractivity contribution in [3.8, 4) is 0 Å². The SMILES string of the molecule is Cc1cc(N)ccc1C1CCN(CCCF)CC1. The number of likely N-dealkylation sites (tertiary alicyclic amines) is 1. The van der Waals surface area contributed by atoms with E-state index in [0.29, 0.717) is 12.3 Å². The number of rotatable bonds is 4. The first-order chi connectivity index (χ1) is 8.70. The molecule has 2 nitrogen and oxygen atoms in total. The molecule has 0 saturated carbocycles. The summed E-state index contributed by atoms with van der Waals surface area (Å²) in [6.07, 6.45) is 3.03. The predicted octanol–water partition coefficient (Wildman–Crippen LogP) is 3.12. The van der Waals surface area contributed by atoms with Crippen LogP contribution in [0.2, 0.25) is 0 Å². The van der Waals surface area contributed by atoms with Crippen molar-refractivity contribution in [2.45, 2.75) is 32.1 Å². The zero-order chi connectivity index (χ0) is 13.0. The lowest BCUT2D eigenvalue weighted by atomic mass is 9.86. The Bertz CT molecular complexity index is 384. The molecule has 0 spiro atoms. The normalized spacial score (nSPS) is 18.1. The Kier molecular flexibility index (Phi) is 4.59. The number of nitrogens with zero attached hydrogens (tertiary/aromatic N) is 1. The molecule has 1 aliphatic heterocycles. The monoisotopic (exact) mass is 250 g/mol.